The van der Waals surface area contributed by atoms with Crippen LogP contribution in [0.2, 0.25) is 0 Å². The van der Waals surface area contributed by atoms with Crippen LogP contribution in [0.5, 0.6) is 17.2 Å². The molecule has 116 valence electrons. The molecule has 0 atom stereocenters. The maximum Gasteiger partial charge on any atom is 0.300 e. The first-order valence-electron chi connectivity index (χ1n) is 6.64. The fourth-order valence-corrected chi connectivity index (χ4v) is 2.80. The van der Waals surface area contributed by atoms with E-state index in [0.29, 0.717) is 12.8 Å². The van der Waals surface area contributed by atoms with Gasteiger partial charge in [-0.25, -0.2) is 13.2 Å². The molecule has 0 spiro atoms. The first kappa shape index (κ1) is 15.5. The highest BCUT2D eigenvalue weighted by Gasteiger charge is 2.34. The Morgan fingerprint density at radius 1 is 1.00 bits per heavy atom. The minimum atomic E-state index is -3.52. The van der Waals surface area contributed by atoms with E-state index < -0.39 is 46.8 Å². The topological polar surface area (TPSA) is 77.8 Å². The smallest absolute Gasteiger partial charge is 0.300 e. The summed E-state index contributed by atoms with van der Waals surface area (Å²) in [6.07, 6.45) is -0.0274. The number of carbonyl (C=O) groups excluding carboxylic acids is 1. The van der Waals surface area contributed by atoms with Crippen molar-refractivity contribution in [3.05, 3.63) is 16.9 Å². The summed E-state index contributed by atoms with van der Waals surface area (Å²) in [6.45, 7) is 0. The maximum absolute atomic E-state index is 14.4. The Labute approximate surface area is 118 Å². The van der Waals surface area contributed by atoms with Gasteiger partial charge in [-0.2, -0.15) is 0 Å². The Balaban J connectivity index is 2.62. The summed E-state index contributed by atoms with van der Waals surface area (Å²) in [5.41, 5.74) is -1.63. The number of alkyl halides is 2. The molecule has 0 bridgehead atoms. The number of ketones is 1. The minimum Gasteiger partial charge on any atom is -0.504 e. The zero-order chi connectivity index (χ0) is 15.7. The van der Waals surface area contributed by atoms with Crippen molar-refractivity contribution in [1.82, 2.24) is 0 Å². The van der Waals surface area contributed by atoms with Gasteiger partial charge in [0.05, 0.1) is 0 Å². The Bertz CT molecular complexity index is 566. The lowest BCUT2D eigenvalue weighted by Crippen LogP contribution is -2.16. The number of halogens is 3. The van der Waals surface area contributed by atoms with E-state index in [-0.39, 0.29) is 5.56 Å². The lowest BCUT2D eigenvalue weighted by Gasteiger charge is -2.24. The summed E-state index contributed by atoms with van der Waals surface area (Å²) in [6, 6.07) is 0. The van der Waals surface area contributed by atoms with Gasteiger partial charge in [-0.05, 0) is 18.8 Å². The second-order valence-corrected chi connectivity index (χ2v) is 5.15. The Hall–Kier alpha value is -1.92. The van der Waals surface area contributed by atoms with Gasteiger partial charge < -0.3 is 15.3 Å². The number of hydrogen-bond acceptors (Lipinski definition) is 4. The summed E-state index contributed by atoms with van der Waals surface area (Å²) in [5.74, 6) is -7.15. The molecule has 3 N–H and O–H groups in total. The van der Waals surface area contributed by atoms with Crippen LogP contribution in [0.4, 0.5) is 13.2 Å². The van der Waals surface area contributed by atoms with Crippen LogP contribution in [0.1, 0.15) is 53.9 Å². The second-order valence-electron chi connectivity index (χ2n) is 5.15. The molecule has 21 heavy (non-hydrogen) atoms. The summed E-state index contributed by atoms with van der Waals surface area (Å²) >= 11 is 0. The van der Waals surface area contributed by atoms with Crippen molar-refractivity contribution >= 4 is 5.78 Å². The Kier molecular flexibility index (Phi) is 4.29. The third-order valence-electron chi connectivity index (χ3n) is 3.85. The van der Waals surface area contributed by atoms with Crippen molar-refractivity contribution in [3.8, 4) is 17.2 Å². The fourth-order valence-electron chi connectivity index (χ4n) is 2.80. The average Bonchev–Trinajstić information content (AvgIpc) is 2.46. The van der Waals surface area contributed by atoms with Crippen LogP contribution in [-0.2, 0) is 0 Å². The lowest BCUT2D eigenvalue weighted by molar-refractivity contribution is 0.0669. The molecular weight excluding hydrogens is 289 g/mol. The molecular formula is C14H15F3O4. The molecule has 7 heteroatoms. The molecule has 1 aromatic carbocycles. The number of benzene rings is 1. The molecule has 1 fully saturated rings. The van der Waals surface area contributed by atoms with Gasteiger partial charge in [0.2, 0.25) is 11.5 Å². The second kappa shape index (κ2) is 5.83. The summed E-state index contributed by atoms with van der Waals surface area (Å²) < 4.78 is 39.4. The van der Waals surface area contributed by atoms with Gasteiger partial charge in [-0.15, -0.1) is 0 Å². The summed E-state index contributed by atoms with van der Waals surface area (Å²) in [7, 11) is 0. The van der Waals surface area contributed by atoms with Crippen molar-refractivity contribution in [1.29, 1.82) is 0 Å². The highest BCUT2D eigenvalue weighted by Crippen LogP contribution is 2.48. The first-order valence-corrected chi connectivity index (χ1v) is 6.64. The third-order valence-corrected chi connectivity index (χ3v) is 3.85. The minimum absolute atomic E-state index is 0.367. The lowest BCUT2D eigenvalue weighted by atomic mass is 9.82. The van der Waals surface area contributed by atoms with Crippen LogP contribution >= 0.6 is 0 Å². The number of carbonyl (C=O) groups is 1. The molecule has 0 aliphatic heterocycles. The average molecular weight is 304 g/mol. The van der Waals surface area contributed by atoms with Crippen LogP contribution in [0, 0.1) is 5.82 Å². The van der Waals surface area contributed by atoms with E-state index in [1.807, 2.05) is 0 Å². The standard InChI is InChI=1S/C14H15F3O4/c15-9-7(6-4-2-1-3-5-6)10(18)13(21)11(19)8(9)12(20)14(16)17/h6,14,18-19,21H,1-5H2. The normalized spacial score (nSPS) is 16.4. The highest BCUT2D eigenvalue weighted by molar-refractivity contribution is 6.02. The Morgan fingerprint density at radius 2 is 1.57 bits per heavy atom. The molecule has 1 saturated carbocycles. The van der Waals surface area contributed by atoms with E-state index >= 15 is 0 Å². The van der Waals surface area contributed by atoms with E-state index in [0.717, 1.165) is 19.3 Å². The van der Waals surface area contributed by atoms with Gasteiger partial charge in [0.15, 0.2) is 11.5 Å². The number of phenolic OH excluding ortho intramolecular Hbond substituents is 3. The molecule has 0 aromatic heterocycles. The van der Waals surface area contributed by atoms with Crippen LogP contribution < -0.4 is 0 Å². The number of rotatable bonds is 3. The van der Waals surface area contributed by atoms with Crippen molar-refractivity contribution in [2.24, 2.45) is 0 Å². The predicted octanol–water partition coefficient (Wildman–Crippen LogP) is 3.44. The van der Waals surface area contributed by atoms with Crippen molar-refractivity contribution in [2.75, 3.05) is 0 Å². The molecule has 1 aliphatic carbocycles. The third kappa shape index (κ3) is 2.64. The van der Waals surface area contributed by atoms with Crippen molar-refractivity contribution in [2.45, 2.75) is 44.4 Å². The molecule has 2 rings (SSSR count). The molecule has 0 saturated heterocycles. The largest absolute Gasteiger partial charge is 0.504 e. The molecule has 0 unspecified atom stereocenters. The van der Waals surface area contributed by atoms with Crippen LogP contribution in [0.25, 0.3) is 0 Å². The van der Waals surface area contributed by atoms with E-state index in [1.54, 1.807) is 0 Å². The molecule has 0 radical (unpaired) electrons. The van der Waals surface area contributed by atoms with E-state index in [1.165, 1.54) is 0 Å². The SMILES string of the molecule is O=C(c1c(O)c(O)c(O)c(C2CCCCC2)c1F)C(F)F. The van der Waals surface area contributed by atoms with Crippen LogP contribution in [0.15, 0.2) is 0 Å². The van der Waals surface area contributed by atoms with E-state index in [9.17, 15) is 33.3 Å². The van der Waals surface area contributed by atoms with Crippen molar-refractivity contribution < 1.29 is 33.3 Å². The summed E-state index contributed by atoms with van der Waals surface area (Å²) in [4.78, 5) is 11.3. The molecule has 4 nitrogen and oxygen atoms in total. The van der Waals surface area contributed by atoms with Gasteiger partial charge in [-0.3, -0.25) is 4.79 Å². The van der Waals surface area contributed by atoms with Gasteiger partial charge >= 0.3 is 6.43 Å². The van der Waals surface area contributed by atoms with Crippen LogP contribution in [-0.4, -0.2) is 27.5 Å². The number of hydrogen-bond donors (Lipinski definition) is 3. The molecule has 1 aliphatic rings. The summed E-state index contributed by atoms with van der Waals surface area (Å²) in [5, 5.41) is 28.9. The monoisotopic (exact) mass is 304 g/mol. The fraction of sp³-hybridized carbons (Fsp3) is 0.500. The molecule has 1 aromatic rings. The first-order chi connectivity index (χ1) is 9.86. The van der Waals surface area contributed by atoms with Gasteiger partial charge in [-0.1, -0.05) is 19.3 Å². The molecule has 0 amide bonds. The van der Waals surface area contributed by atoms with Gasteiger partial charge in [0.25, 0.3) is 0 Å². The number of phenols is 3. The quantitative estimate of drug-likeness (QED) is 0.590. The van der Waals surface area contributed by atoms with Crippen molar-refractivity contribution in [3.63, 3.8) is 0 Å². The number of Topliss-reactive ketones (excluding diaryl/α,β-unsaturated/α-hetero) is 1. The van der Waals surface area contributed by atoms with Crippen LogP contribution in [0.3, 0.4) is 0 Å². The molecule has 0 heterocycles. The Morgan fingerprint density at radius 3 is 2.10 bits per heavy atom. The van der Waals surface area contributed by atoms with E-state index in [2.05, 4.69) is 0 Å². The zero-order valence-corrected chi connectivity index (χ0v) is 11.1. The van der Waals surface area contributed by atoms with E-state index in [4.69, 9.17) is 0 Å². The zero-order valence-electron chi connectivity index (χ0n) is 11.1. The predicted molar refractivity (Wildman–Crippen MR) is 67.6 cm³/mol. The van der Waals surface area contributed by atoms with Gasteiger partial charge in [0, 0.05) is 5.56 Å². The highest BCUT2D eigenvalue weighted by atomic mass is 19.3. The maximum atomic E-state index is 14.4. The van der Waals surface area contributed by atoms with Gasteiger partial charge in [0.1, 0.15) is 11.4 Å². The number of aromatic hydroxyl groups is 3.